The standard InChI is InChI=1S/C14H20N2O3S/c1-16(2)13-5-3-11(4-6-13)9-15-14(17)12-7-8-20(18,19)10-12/h3-6,12H,7-10H2,1-2H3,(H,15,17)/t12-/m0/s1. The Labute approximate surface area is 119 Å². The zero-order valence-corrected chi connectivity index (χ0v) is 12.6. The number of hydrogen-bond acceptors (Lipinski definition) is 4. The predicted molar refractivity (Wildman–Crippen MR) is 79.4 cm³/mol. The van der Waals surface area contributed by atoms with E-state index in [0.717, 1.165) is 11.3 Å². The second-order valence-corrected chi connectivity index (χ2v) is 7.61. The first-order valence-electron chi connectivity index (χ1n) is 6.62. The normalized spacial score (nSPS) is 20.6. The molecule has 1 saturated heterocycles. The molecule has 1 aliphatic rings. The van der Waals surface area contributed by atoms with Crippen molar-refractivity contribution in [1.29, 1.82) is 0 Å². The smallest absolute Gasteiger partial charge is 0.224 e. The van der Waals surface area contributed by atoms with Gasteiger partial charge >= 0.3 is 0 Å². The van der Waals surface area contributed by atoms with Gasteiger partial charge in [-0.05, 0) is 24.1 Å². The Kier molecular flexibility index (Phi) is 4.32. The van der Waals surface area contributed by atoms with E-state index in [1.807, 2.05) is 43.3 Å². The zero-order valence-electron chi connectivity index (χ0n) is 11.8. The van der Waals surface area contributed by atoms with Crippen LogP contribution in [0.1, 0.15) is 12.0 Å². The van der Waals surface area contributed by atoms with E-state index < -0.39 is 9.84 Å². The van der Waals surface area contributed by atoms with E-state index in [9.17, 15) is 13.2 Å². The molecule has 1 heterocycles. The highest BCUT2D eigenvalue weighted by Crippen LogP contribution is 2.18. The summed E-state index contributed by atoms with van der Waals surface area (Å²) in [7, 11) is 0.934. The van der Waals surface area contributed by atoms with Gasteiger partial charge in [0.05, 0.1) is 17.4 Å². The van der Waals surface area contributed by atoms with Crippen LogP contribution in [-0.2, 0) is 21.2 Å². The summed E-state index contributed by atoms with van der Waals surface area (Å²) in [6, 6.07) is 7.89. The maximum absolute atomic E-state index is 11.9. The minimum atomic E-state index is -3.00. The third-order valence-corrected chi connectivity index (χ3v) is 5.29. The Bertz CT molecular complexity index is 579. The van der Waals surface area contributed by atoms with Gasteiger partial charge in [0.25, 0.3) is 0 Å². The molecule has 0 aliphatic carbocycles. The van der Waals surface area contributed by atoms with E-state index >= 15 is 0 Å². The first-order chi connectivity index (χ1) is 9.37. The minimum absolute atomic E-state index is 0.0155. The highest BCUT2D eigenvalue weighted by atomic mass is 32.2. The van der Waals surface area contributed by atoms with Crippen LogP contribution in [-0.4, -0.2) is 39.9 Å². The van der Waals surface area contributed by atoms with Crippen molar-refractivity contribution in [2.75, 3.05) is 30.5 Å². The van der Waals surface area contributed by atoms with Crippen molar-refractivity contribution in [2.24, 2.45) is 5.92 Å². The van der Waals surface area contributed by atoms with Crippen LogP contribution in [0.15, 0.2) is 24.3 Å². The zero-order chi connectivity index (χ0) is 14.8. The molecule has 5 nitrogen and oxygen atoms in total. The molecule has 6 heteroatoms. The summed E-state index contributed by atoms with van der Waals surface area (Å²) in [4.78, 5) is 13.9. The third-order valence-electron chi connectivity index (χ3n) is 3.52. The van der Waals surface area contributed by atoms with Gasteiger partial charge in [-0.2, -0.15) is 0 Å². The van der Waals surface area contributed by atoms with Gasteiger partial charge in [-0.1, -0.05) is 12.1 Å². The van der Waals surface area contributed by atoms with Crippen molar-refractivity contribution in [3.8, 4) is 0 Å². The maximum atomic E-state index is 11.9. The summed E-state index contributed by atoms with van der Waals surface area (Å²) in [5, 5.41) is 2.81. The molecule has 0 unspecified atom stereocenters. The molecule has 0 bridgehead atoms. The van der Waals surface area contributed by atoms with Crippen LogP contribution in [0, 0.1) is 5.92 Å². The van der Waals surface area contributed by atoms with Gasteiger partial charge in [0.2, 0.25) is 5.91 Å². The number of nitrogens with zero attached hydrogens (tertiary/aromatic N) is 1. The lowest BCUT2D eigenvalue weighted by Gasteiger charge is -2.13. The Morgan fingerprint density at radius 1 is 1.30 bits per heavy atom. The van der Waals surface area contributed by atoms with Crippen molar-refractivity contribution in [1.82, 2.24) is 5.32 Å². The van der Waals surface area contributed by atoms with Crippen LogP contribution in [0.4, 0.5) is 5.69 Å². The van der Waals surface area contributed by atoms with Crippen molar-refractivity contribution in [3.05, 3.63) is 29.8 Å². The Morgan fingerprint density at radius 2 is 1.95 bits per heavy atom. The van der Waals surface area contributed by atoms with Gasteiger partial charge in [-0.25, -0.2) is 8.42 Å². The largest absolute Gasteiger partial charge is 0.378 e. The highest BCUT2D eigenvalue weighted by molar-refractivity contribution is 7.91. The van der Waals surface area contributed by atoms with Crippen LogP contribution in [0.5, 0.6) is 0 Å². The number of benzene rings is 1. The first kappa shape index (κ1) is 14.8. The summed E-state index contributed by atoms with van der Waals surface area (Å²) < 4.78 is 22.7. The fraction of sp³-hybridized carbons (Fsp3) is 0.500. The van der Waals surface area contributed by atoms with Crippen LogP contribution in [0.2, 0.25) is 0 Å². The summed E-state index contributed by atoms with van der Waals surface area (Å²) in [5.74, 6) is -0.440. The minimum Gasteiger partial charge on any atom is -0.378 e. The maximum Gasteiger partial charge on any atom is 0.224 e. The summed E-state index contributed by atoms with van der Waals surface area (Å²) >= 11 is 0. The number of nitrogens with one attached hydrogen (secondary N) is 1. The van der Waals surface area contributed by atoms with Crippen molar-refractivity contribution >= 4 is 21.4 Å². The molecule has 20 heavy (non-hydrogen) atoms. The number of anilines is 1. The second-order valence-electron chi connectivity index (χ2n) is 5.38. The van der Waals surface area contributed by atoms with Crippen molar-refractivity contribution in [3.63, 3.8) is 0 Å². The predicted octanol–water partition coefficient (Wildman–Crippen LogP) is 0.803. The Hall–Kier alpha value is -1.56. The van der Waals surface area contributed by atoms with E-state index in [4.69, 9.17) is 0 Å². The monoisotopic (exact) mass is 296 g/mol. The average molecular weight is 296 g/mol. The molecule has 0 spiro atoms. The van der Waals surface area contributed by atoms with E-state index in [-0.39, 0.29) is 23.3 Å². The highest BCUT2D eigenvalue weighted by Gasteiger charge is 2.32. The molecule has 1 fully saturated rings. The Morgan fingerprint density at radius 3 is 2.45 bits per heavy atom. The van der Waals surface area contributed by atoms with Crippen LogP contribution in [0.25, 0.3) is 0 Å². The molecule has 0 saturated carbocycles. The van der Waals surface area contributed by atoms with Crippen LogP contribution < -0.4 is 10.2 Å². The molecule has 1 amide bonds. The number of amides is 1. The lowest BCUT2D eigenvalue weighted by Crippen LogP contribution is -2.30. The van der Waals surface area contributed by atoms with Gasteiger partial charge in [0.15, 0.2) is 9.84 Å². The molecule has 2 rings (SSSR count). The molecule has 0 radical (unpaired) electrons. The van der Waals surface area contributed by atoms with E-state index in [1.165, 1.54) is 0 Å². The van der Waals surface area contributed by atoms with Crippen LogP contribution >= 0.6 is 0 Å². The molecular weight excluding hydrogens is 276 g/mol. The molecule has 1 aromatic rings. The SMILES string of the molecule is CN(C)c1ccc(CNC(=O)[C@H]2CCS(=O)(=O)C2)cc1. The van der Waals surface area contributed by atoms with E-state index in [0.29, 0.717) is 13.0 Å². The molecule has 110 valence electrons. The number of sulfone groups is 1. The van der Waals surface area contributed by atoms with Gasteiger partial charge < -0.3 is 10.2 Å². The number of rotatable bonds is 4. The quantitative estimate of drug-likeness (QED) is 0.892. The van der Waals surface area contributed by atoms with E-state index in [2.05, 4.69) is 5.32 Å². The van der Waals surface area contributed by atoms with Crippen molar-refractivity contribution < 1.29 is 13.2 Å². The lowest BCUT2D eigenvalue weighted by atomic mass is 10.1. The number of carbonyl (C=O) groups is 1. The first-order valence-corrected chi connectivity index (χ1v) is 8.44. The summed E-state index contributed by atoms with van der Waals surface area (Å²) in [6.45, 7) is 0.434. The van der Waals surface area contributed by atoms with Gasteiger partial charge in [-0.15, -0.1) is 0 Å². The third kappa shape index (κ3) is 3.72. The molecule has 0 aromatic heterocycles. The summed E-state index contributed by atoms with van der Waals surface area (Å²) in [5.41, 5.74) is 2.10. The molecule has 1 aliphatic heterocycles. The van der Waals surface area contributed by atoms with Gasteiger partial charge in [-0.3, -0.25) is 4.79 Å². The molecule has 1 atom stereocenters. The number of hydrogen-bond donors (Lipinski definition) is 1. The lowest BCUT2D eigenvalue weighted by molar-refractivity contribution is -0.124. The van der Waals surface area contributed by atoms with Gasteiger partial charge in [0.1, 0.15) is 0 Å². The molecule has 1 N–H and O–H groups in total. The topological polar surface area (TPSA) is 66.5 Å². The van der Waals surface area contributed by atoms with Crippen molar-refractivity contribution in [2.45, 2.75) is 13.0 Å². The van der Waals surface area contributed by atoms with E-state index in [1.54, 1.807) is 0 Å². The fourth-order valence-electron chi connectivity index (χ4n) is 2.25. The second kappa shape index (κ2) is 5.83. The Balaban J connectivity index is 1.87. The fourth-order valence-corrected chi connectivity index (χ4v) is 3.99. The molecule has 1 aromatic carbocycles. The van der Waals surface area contributed by atoms with Crippen LogP contribution in [0.3, 0.4) is 0 Å². The average Bonchev–Trinajstić information content (AvgIpc) is 2.77. The number of carbonyl (C=O) groups excluding carboxylic acids is 1. The van der Waals surface area contributed by atoms with Gasteiger partial charge in [0, 0.05) is 26.3 Å². The summed E-state index contributed by atoms with van der Waals surface area (Å²) in [6.07, 6.45) is 0.438. The molecular formula is C14H20N2O3S.